The number of nitrogens with zero attached hydrogens (tertiary/aromatic N) is 3. The Morgan fingerprint density at radius 1 is 1.03 bits per heavy atom. The minimum absolute atomic E-state index is 0.185. The SMILES string of the molecule is CNC(=O)C(C)N(CCc1ccccc1)C(=O)CN(c1ccccc1F)S(=O)(=O)N(C)C. The number of carbonyl (C=O) groups excluding carboxylic acids is 2. The van der Waals surface area contributed by atoms with Crippen LogP contribution in [0.5, 0.6) is 0 Å². The third-order valence-electron chi connectivity index (χ3n) is 5.04. The van der Waals surface area contributed by atoms with Crippen LogP contribution in [0.4, 0.5) is 10.1 Å². The second kappa shape index (κ2) is 11.1. The first-order valence-electron chi connectivity index (χ1n) is 10.1. The Morgan fingerprint density at radius 3 is 2.19 bits per heavy atom. The summed E-state index contributed by atoms with van der Waals surface area (Å²) in [6, 6.07) is 13.9. The van der Waals surface area contributed by atoms with Crippen molar-refractivity contribution in [1.29, 1.82) is 0 Å². The normalized spacial score (nSPS) is 12.3. The number of rotatable bonds is 10. The van der Waals surface area contributed by atoms with Gasteiger partial charge in [-0.1, -0.05) is 42.5 Å². The van der Waals surface area contributed by atoms with E-state index in [4.69, 9.17) is 0 Å². The fraction of sp³-hybridized carbons (Fsp3) is 0.364. The van der Waals surface area contributed by atoms with Gasteiger partial charge in [0.25, 0.3) is 0 Å². The summed E-state index contributed by atoms with van der Waals surface area (Å²) >= 11 is 0. The molecule has 174 valence electrons. The van der Waals surface area contributed by atoms with Crippen LogP contribution in [0.15, 0.2) is 54.6 Å². The number of likely N-dealkylation sites (N-methyl/N-ethyl adjacent to an activating group) is 1. The minimum Gasteiger partial charge on any atom is -0.357 e. The summed E-state index contributed by atoms with van der Waals surface area (Å²) in [5.41, 5.74) is 0.714. The Labute approximate surface area is 188 Å². The van der Waals surface area contributed by atoms with E-state index in [0.717, 1.165) is 20.2 Å². The fourth-order valence-corrected chi connectivity index (χ4v) is 4.20. The molecule has 0 spiro atoms. The molecule has 1 atom stereocenters. The summed E-state index contributed by atoms with van der Waals surface area (Å²) in [7, 11) is -0.125. The Bertz CT molecular complexity index is 1030. The van der Waals surface area contributed by atoms with E-state index in [1.807, 2.05) is 30.3 Å². The van der Waals surface area contributed by atoms with E-state index in [-0.39, 0.29) is 18.1 Å². The Kier molecular flexibility index (Phi) is 8.73. The predicted octanol–water partition coefficient (Wildman–Crippen LogP) is 1.64. The van der Waals surface area contributed by atoms with Gasteiger partial charge in [-0.2, -0.15) is 12.7 Å². The maximum atomic E-state index is 14.5. The highest BCUT2D eigenvalue weighted by Crippen LogP contribution is 2.23. The smallest absolute Gasteiger partial charge is 0.304 e. The summed E-state index contributed by atoms with van der Waals surface area (Å²) in [4.78, 5) is 26.9. The van der Waals surface area contributed by atoms with Gasteiger partial charge in [0.2, 0.25) is 11.8 Å². The van der Waals surface area contributed by atoms with Gasteiger partial charge in [0.1, 0.15) is 18.4 Å². The van der Waals surface area contributed by atoms with E-state index in [9.17, 15) is 22.4 Å². The van der Waals surface area contributed by atoms with Crippen molar-refractivity contribution < 1.29 is 22.4 Å². The molecule has 2 aromatic carbocycles. The molecule has 0 bridgehead atoms. The zero-order chi connectivity index (χ0) is 23.9. The Balaban J connectivity index is 2.38. The van der Waals surface area contributed by atoms with Crippen molar-refractivity contribution in [3.8, 4) is 0 Å². The standard InChI is InChI=1S/C22H29FN4O4S/c1-17(22(29)24-2)26(15-14-18-10-6-5-7-11-18)21(28)16-27(32(30,31)25(3)4)20-13-9-8-12-19(20)23/h5-13,17H,14-16H2,1-4H3,(H,24,29). The molecule has 0 fully saturated rings. The van der Waals surface area contributed by atoms with Gasteiger partial charge in [0.15, 0.2) is 0 Å². The number of para-hydroxylation sites is 1. The van der Waals surface area contributed by atoms with Gasteiger partial charge in [-0.15, -0.1) is 0 Å². The molecule has 2 aromatic rings. The molecular formula is C22H29FN4O4S. The molecule has 0 saturated carbocycles. The number of hydrogen-bond donors (Lipinski definition) is 1. The Morgan fingerprint density at radius 2 is 1.62 bits per heavy atom. The monoisotopic (exact) mass is 464 g/mol. The van der Waals surface area contributed by atoms with Crippen LogP contribution in [0, 0.1) is 5.82 Å². The van der Waals surface area contributed by atoms with E-state index in [1.54, 1.807) is 6.92 Å². The van der Waals surface area contributed by atoms with Crippen LogP contribution in [0.2, 0.25) is 0 Å². The third kappa shape index (κ3) is 6.04. The number of nitrogens with one attached hydrogen (secondary N) is 1. The summed E-state index contributed by atoms with van der Waals surface area (Å²) < 4.78 is 41.9. The fourth-order valence-electron chi connectivity index (χ4n) is 3.13. The van der Waals surface area contributed by atoms with Crippen LogP contribution in [-0.2, 0) is 26.2 Å². The van der Waals surface area contributed by atoms with E-state index in [1.165, 1.54) is 44.2 Å². The molecule has 1 N–H and O–H groups in total. The number of hydrogen-bond acceptors (Lipinski definition) is 4. The number of anilines is 1. The average Bonchev–Trinajstić information content (AvgIpc) is 2.78. The highest BCUT2D eigenvalue weighted by Gasteiger charge is 2.33. The first-order valence-corrected chi connectivity index (χ1v) is 11.5. The zero-order valence-corrected chi connectivity index (χ0v) is 19.5. The Hall–Kier alpha value is -2.98. The molecule has 0 aliphatic carbocycles. The molecule has 8 nitrogen and oxygen atoms in total. The molecule has 32 heavy (non-hydrogen) atoms. The van der Waals surface area contributed by atoms with Crippen LogP contribution in [-0.4, -0.2) is 69.7 Å². The molecule has 0 radical (unpaired) electrons. The molecule has 10 heteroatoms. The lowest BCUT2D eigenvalue weighted by Crippen LogP contribution is -2.53. The lowest BCUT2D eigenvalue weighted by molar-refractivity contribution is -0.138. The molecule has 2 rings (SSSR count). The van der Waals surface area contributed by atoms with Gasteiger partial charge >= 0.3 is 10.2 Å². The number of halogens is 1. The highest BCUT2D eigenvalue weighted by atomic mass is 32.2. The number of amides is 2. The predicted molar refractivity (Wildman–Crippen MR) is 122 cm³/mol. The van der Waals surface area contributed by atoms with Crippen molar-refractivity contribution in [3.63, 3.8) is 0 Å². The van der Waals surface area contributed by atoms with Crippen LogP contribution in [0.25, 0.3) is 0 Å². The lowest BCUT2D eigenvalue weighted by atomic mass is 10.1. The first-order chi connectivity index (χ1) is 15.1. The van der Waals surface area contributed by atoms with Crippen molar-refractivity contribution in [3.05, 3.63) is 66.0 Å². The molecule has 0 aliphatic heterocycles. The molecule has 2 amide bonds. The van der Waals surface area contributed by atoms with Gasteiger partial charge in [-0.3, -0.25) is 9.59 Å². The third-order valence-corrected chi connectivity index (χ3v) is 6.84. The van der Waals surface area contributed by atoms with Crippen LogP contribution < -0.4 is 9.62 Å². The van der Waals surface area contributed by atoms with Crippen LogP contribution in [0.1, 0.15) is 12.5 Å². The van der Waals surface area contributed by atoms with Crippen molar-refractivity contribution in [2.45, 2.75) is 19.4 Å². The van der Waals surface area contributed by atoms with E-state index in [2.05, 4.69) is 5.32 Å². The minimum atomic E-state index is -4.18. The topological polar surface area (TPSA) is 90.0 Å². The van der Waals surface area contributed by atoms with Crippen molar-refractivity contribution in [1.82, 2.24) is 14.5 Å². The zero-order valence-electron chi connectivity index (χ0n) is 18.7. The second-order valence-electron chi connectivity index (χ2n) is 7.36. The molecule has 0 aromatic heterocycles. The van der Waals surface area contributed by atoms with Crippen molar-refractivity contribution in [2.24, 2.45) is 0 Å². The molecule has 1 unspecified atom stereocenters. The van der Waals surface area contributed by atoms with Gasteiger partial charge in [-0.05, 0) is 31.0 Å². The maximum absolute atomic E-state index is 14.5. The lowest BCUT2D eigenvalue weighted by Gasteiger charge is -2.32. The summed E-state index contributed by atoms with van der Waals surface area (Å²) in [5, 5.41) is 2.51. The van der Waals surface area contributed by atoms with Crippen molar-refractivity contribution >= 4 is 27.7 Å². The highest BCUT2D eigenvalue weighted by molar-refractivity contribution is 7.90. The van der Waals surface area contributed by atoms with Crippen LogP contribution in [0.3, 0.4) is 0 Å². The van der Waals surface area contributed by atoms with Crippen molar-refractivity contribution in [2.75, 3.05) is 38.5 Å². The quantitative estimate of drug-likeness (QED) is 0.579. The number of benzene rings is 2. The van der Waals surface area contributed by atoms with E-state index >= 15 is 0 Å². The van der Waals surface area contributed by atoms with Gasteiger partial charge < -0.3 is 10.2 Å². The summed E-state index contributed by atoms with van der Waals surface area (Å²) in [5.74, 6) is -1.79. The molecule has 0 saturated heterocycles. The largest absolute Gasteiger partial charge is 0.357 e. The average molecular weight is 465 g/mol. The summed E-state index contributed by atoms with van der Waals surface area (Å²) in [6.45, 7) is 1.09. The van der Waals surface area contributed by atoms with Gasteiger partial charge in [-0.25, -0.2) is 8.70 Å². The number of carbonyl (C=O) groups is 2. The van der Waals surface area contributed by atoms with Gasteiger partial charge in [0, 0.05) is 27.7 Å². The summed E-state index contributed by atoms with van der Waals surface area (Å²) in [6.07, 6.45) is 0.466. The molecule has 0 aliphatic rings. The second-order valence-corrected chi connectivity index (χ2v) is 9.43. The first kappa shape index (κ1) is 25.3. The maximum Gasteiger partial charge on any atom is 0.304 e. The van der Waals surface area contributed by atoms with Crippen LogP contribution >= 0.6 is 0 Å². The molecule has 0 heterocycles. The van der Waals surface area contributed by atoms with E-state index in [0.29, 0.717) is 6.42 Å². The van der Waals surface area contributed by atoms with Gasteiger partial charge in [0.05, 0.1) is 5.69 Å². The molecular weight excluding hydrogens is 435 g/mol. The van der Waals surface area contributed by atoms with E-state index < -0.39 is 34.5 Å².